The van der Waals surface area contributed by atoms with E-state index in [0.717, 1.165) is 17.9 Å². The number of nitrogens with zero attached hydrogens (tertiary/aromatic N) is 2. The van der Waals surface area contributed by atoms with Crippen molar-refractivity contribution in [2.45, 2.75) is 25.4 Å². The van der Waals surface area contributed by atoms with E-state index in [4.69, 9.17) is 33.8 Å². The van der Waals surface area contributed by atoms with Crippen molar-refractivity contribution >= 4 is 34.9 Å². The van der Waals surface area contributed by atoms with Crippen molar-refractivity contribution in [2.75, 3.05) is 7.11 Å². The largest absolute Gasteiger partial charge is 0.464 e. The number of ether oxygens (including phenoxy) is 1. The molecule has 1 heterocycles. The first kappa shape index (κ1) is 17.2. The summed E-state index contributed by atoms with van der Waals surface area (Å²) in [7, 11) is 1.23. The molecule has 2 N–H and O–H groups in total. The Labute approximate surface area is 148 Å². The SMILES string of the molecule is COC(=O)C1=C(Cl)C(CC2CC2)=NC(c2ccc(Cl)cc2F)N1N. The monoisotopic (exact) mass is 371 g/mol. The second-order valence-electron chi connectivity index (χ2n) is 5.82. The van der Waals surface area contributed by atoms with Crippen molar-refractivity contribution in [3.05, 3.63) is 45.3 Å². The topological polar surface area (TPSA) is 67.9 Å². The highest BCUT2D eigenvalue weighted by Gasteiger charge is 2.36. The van der Waals surface area contributed by atoms with Gasteiger partial charge in [0.15, 0.2) is 11.9 Å². The molecule has 2 aliphatic rings. The van der Waals surface area contributed by atoms with Crippen LogP contribution in [0.4, 0.5) is 4.39 Å². The van der Waals surface area contributed by atoms with Crippen LogP contribution in [-0.4, -0.2) is 23.8 Å². The molecule has 0 radical (unpaired) electrons. The number of carbonyl (C=O) groups is 1. The van der Waals surface area contributed by atoms with E-state index < -0.39 is 18.0 Å². The molecule has 1 unspecified atom stereocenters. The maximum absolute atomic E-state index is 14.3. The fourth-order valence-corrected chi connectivity index (χ4v) is 3.06. The van der Waals surface area contributed by atoms with Gasteiger partial charge in [-0.25, -0.2) is 15.0 Å². The van der Waals surface area contributed by atoms with E-state index in [0.29, 0.717) is 18.1 Å². The summed E-state index contributed by atoms with van der Waals surface area (Å²) < 4.78 is 19.1. The Morgan fingerprint density at radius 2 is 2.17 bits per heavy atom. The fraction of sp³-hybridized carbons (Fsp3) is 0.375. The summed E-state index contributed by atoms with van der Waals surface area (Å²) in [6, 6.07) is 4.22. The number of benzene rings is 1. The minimum absolute atomic E-state index is 0.0239. The normalized spacial score (nSPS) is 21.0. The average molecular weight is 372 g/mol. The van der Waals surface area contributed by atoms with Gasteiger partial charge in [0.2, 0.25) is 0 Å². The van der Waals surface area contributed by atoms with Crippen LogP contribution in [-0.2, 0) is 9.53 Å². The molecule has 0 spiro atoms. The van der Waals surface area contributed by atoms with Gasteiger partial charge in [0.05, 0.1) is 17.9 Å². The Morgan fingerprint density at radius 3 is 2.75 bits per heavy atom. The Kier molecular flexibility index (Phi) is 4.80. The molecule has 1 atom stereocenters. The number of rotatable bonds is 4. The third-order valence-electron chi connectivity index (χ3n) is 4.06. The van der Waals surface area contributed by atoms with Gasteiger partial charge >= 0.3 is 5.97 Å². The van der Waals surface area contributed by atoms with E-state index in [1.807, 2.05) is 0 Å². The molecule has 1 aliphatic carbocycles. The third kappa shape index (κ3) is 3.27. The summed E-state index contributed by atoms with van der Waals surface area (Å²) in [5.41, 5.74) is 0.727. The van der Waals surface area contributed by atoms with E-state index in [2.05, 4.69) is 4.99 Å². The summed E-state index contributed by atoms with van der Waals surface area (Å²) in [5.74, 6) is 5.26. The maximum Gasteiger partial charge on any atom is 0.357 e. The second-order valence-corrected chi connectivity index (χ2v) is 6.64. The van der Waals surface area contributed by atoms with Crippen LogP contribution in [0, 0.1) is 11.7 Å². The highest BCUT2D eigenvalue weighted by Crippen LogP contribution is 2.39. The number of hydrazine groups is 1. The lowest BCUT2D eigenvalue weighted by Crippen LogP contribution is -2.41. The zero-order valence-electron chi connectivity index (χ0n) is 12.9. The summed E-state index contributed by atoms with van der Waals surface area (Å²) in [5, 5.41) is 1.46. The lowest BCUT2D eigenvalue weighted by atomic mass is 10.1. The van der Waals surface area contributed by atoms with Crippen LogP contribution in [0.25, 0.3) is 0 Å². The molecule has 24 heavy (non-hydrogen) atoms. The number of methoxy groups -OCH3 is 1. The molecule has 1 aromatic rings. The van der Waals surface area contributed by atoms with Crippen molar-refractivity contribution in [1.82, 2.24) is 5.01 Å². The molecule has 1 saturated carbocycles. The molecule has 128 valence electrons. The van der Waals surface area contributed by atoms with E-state index >= 15 is 0 Å². The second kappa shape index (κ2) is 6.70. The Morgan fingerprint density at radius 1 is 1.46 bits per heavy atom. The first-order chi connectivity index (χ1) is 11.4. The van der Waals surface area contributed by atoms with E-state index in [-0.39, 0.29) is 21.3 Å². The average Bonchev–Trinajstić information content (AvgIpc) is 3.34. The van der Waals surface area contributed by atoms with Crippen molar-refractivity contribution in [3.8, 4) is 0 Å². The molecule has 5 nitrogen and oxygen atoms in total. The number of nitrogens with two attached hydrogens (primary N) is 1. The van der Waals surface area contributed by atoms with Crippen LogP contribution in [0.3, 0.4) is 0 Å². The molecule has 0 aromatic heterocycles. The third-order valence-corrected chi connectivity index (χ3v) is 4.69. The van der Waals surface area contributed by atoms with E-state index in [1.54, 1.807) is 6.07 Å². The zero-order chi connectivity index (χ0) is 17.4. The summed E-state index contributed by atoms with van der Waals surface area (Å²) in [4.78, 5) is 16.6. The van der Waals surface area contributed by atoms with Crippen LogP contribution in [0.15, 0.2) is 33.9 Å². The van der Waals surface area contributed by atoms with Gasteiger partial charge in [-0.1, -0.05) is 29.3 Å². The minimum atomic E-state index is -0.910. The molecule has 0 amide bonds. The van der Waals surface area contributed by atoms with Gasteiger partial charge in [0.25, 0.3) is 0 Å². The van der Waals surface area contributed by atoms with Crippen LogP contribution in [0.5, 0.6) is 0 Å². The highest BCUT2D eigenvalue weighted by atomic mass is 35.5. The number of allylic oxidation sites excluding steroid dienone is 1. The Bertz CT molecular complexity index is 747. The van der Waals surface area contributed by atoms with Gasteiger partial charge in [-0.05, 0) is 37.3 Å². The van der Waals surface area contributed by atoms with Gasteiger partial charge in [0, 0.05) is 10.6 Å². The van der Waals surface area contributed by atoms with Crippen LogP contribution in [0.1, 0.15) is 31.0 Å². The molecular weight excluding hydrogens is 356 g/mol. The lowest BCUT2D eigenvalue weighted by molar-refractivity contribution is -0.138. The van der Waals surface area contributed by atoms with Crippen molar-refractivity contribution in [1.29, 1.82) is 0 Å². The molecule has 1 fully saturated rings. The predicted octanol–water partition coefficient (Wildman–Crippen LogP) is 3.53. The quantitative estimate of drug-likeness (QED) is 0.649. The number of halogens is 3. The molecule has 1 aromatic carbocycles. The summed E-state index contributed by atoms with van der Waals surface area (Å²) >= 11 is 12.1. The molecular formula is C16H16Cl2FN3O2. The number of carbonyl (C=O) groups excluding carboxylic acids is 1. The van der Waals surface area contributed by atoms with E-state index in [9.17, 15) is 9.18 Å². The zero-order valence-corrected chi connectivity index (χ0v) is 14.4. The van der Waals surface area contributed by atoms with Gasteiger partial charge in [0.1, 0.15) is 5.82 Å². The standard InChI is InChI=1S/C16H16Cl2FN3O2/c1-24-16(23)14-13(18)12(6-8-2-3-8)21-15(22(14)20)10-5-4-9(17)7-11(10)19/h4-5,7-8,15H,2-3,6,20H2,1H3. The molecule has 3 rings (SSSR count). The number of esters is 1. The van der Waals surface area contributed by atoms with E-state index in [1.165, 1.54) is 19.2 Å². The molecule has 1 aliphatic heterocycles. The minimum Gasteiger partial charge on any atom is -0.464 e. The van der Waals surface area contributed by atoms with Crippen LogP contribution in [0.2, 0.25) is 5.02 Å². The predicted molar refractivity (Wildman–Crippen MR) is 89.8 cm³/mol. The highest BCUT2D eigenvalue weighted by molar-refractivity contribution is 6.45. The van der Waals surface area contributed by atoms with Crippen LogP contribution < -0.4 is 5.84 Å². The van der Waals surface area contributed by atoms with Crippen LogP contribution >= 0.6 is 23.2 Å². The summed E-state index contributed by atoms with van der Waals surface area (Å²) in [6.45, 7) is 0. The van der Waals surface area contributed by atoms with Crippen molar-refractivity contribution < 1.29 is 13.9 Å². The number of hydrogen-bond donors (Lipinski definition) is 1. The fourth-order valence-electron chi connectivity index (χ4n) is 2.60. The molecule has 0 saturated heterocycles. The number of hydrogen-bond acceptors (Lipinski definition) is 5. The smallest absolute Gasteiger partial charge is 0.357 e. The first-order valence-corrected chi connectivity index (χ1v) is 8.22. The maximum atomic E-state index is 14.3. The summed E-state index contributed by atoms with van der Waals surface area (Å²) in [6.07, 6.45) is 1.89. The van der Waals surface area contributed by atoms with Gasteiger partial charge in [-0.15, -0.1) is 0 Å². The van der Waals surface area contributed by atoms with Crippen molar-refractivity contribution in [3.63, 3.8) is 0 Å². The Hall–Kier alpha value is -1.63. The van der Waals surface area contributed by atoms with Gasteiger partial charge in [-0.3, -0.25) is 10.0 Å². The van der Waals surface area contributed by atoms with Gasteiger partial charge in [-0.2, -0.15) is 0 Å². The molecule has 8 heteroatoms. The number of aliphatic imine (C=N–C) groups is 1. The van der Waals surface area contributed by atoms with Gasteiger partial charge < -0.3 is 4.74 Å². The lowest BCUT2D eigenvalue weighted by Gasteiger charge is -2.32. The first-order valence-electron chi connectivity index (χ1n) is 7.46. The Balaban J connectivity index is 2.05. The van der Waals surface area contributed by atoms with Crippen molar-refractivity contribution in [2.24, 2.45) is 16.8 Å². The molecule has 0 bridgehead atoms.